The molecule has 0 fully saturated rings. The van der Waals surface area contributed by atoms with Crippen LogP contribution in [0.3, 0.4) is 0 Å². The lowest BCUT2D eigenvalue weighted by molar-refractivity contribution is -0.122. The van der Waals surface area contributed by atoms with E-state index in [9.17, 15) is 24.3 Å². The van der Waals surface area contributed by atoms with E-state index >= 15 is 0 Å². The number of amides is 2. The van der Waals surface area contributed by atoms with E-state index in [0.29, 0.717) is 11.3 Å². The second kappa shape index (κ2) is 14.4. The first kappa shape index (κ1) is 30.6. The van der Waals surface area contributed by atoms with Gasteiger partial charge >= 0.3 is 6.09 Å². The maximum Gasteiger partial charge on any atom is 0.408 e. The van der Waals surface area contributed by atoms with Gasteiger partial charge in [-0.3, -0.25) is 14.4 Å². The Balaban J connectivity index is 1.57. The van der Waals surface area contributed by atoms with Gasteiger partial charge in [-0.1, -0.05) is 66.7 Å². The van der Waals surface area contributed by atoms with Crippen molar-refractivity contribution in [2.75, 3.05) is 5.32 Å². The number of nitrogens with one attached hydrogen (secondary N) is 2. The Morgan fingerprint density at radius 1 is 0.805 bits per heavy atom. The number of alkyl carbamates (subject to hydrolysis) is 1. The molecule has 8 nitrogen and oxygen atoms in total. The number of hydrogen-bond donors (Lipinski definition) is 3. The number of phenols is 1. The number of aromatic hydroxyl groups is 1. The Kier molecular flexibility index (Phi) is 10.7. The first-order chi connectivity index (χ1) is 19.5. The first-order valence-electron chi connectivity index (χ1n) is 13.1. The highest BCUT2D eigenvalue weighted by Gasteiger charge is 2.25. The summed E-state index contributed by atoms with van der Waals surface area (Å²) in [6.45, 7) is 5.24. The predicted octanol–water partition coefficient (Wildman–Crippen LogP) is 5.72. The molecule has 0 aliphatic heterocycles. The van der Waals surface area contributed by atoms with E-state index in [1.54, 1.807) is 69.3 Å². The highest BCUT2D eigenvalue weighted by molar-refractivity contribution is 6.10. The molecule has 3 aromatic carbocycles. The third kappa shape index (κ3) is 11.3. The molecule has 0 unspecified atom stereocenters. The van der Waals surface area contributed by atoms with Crippen LogP contribution in [0.5, 0.6) is 5.75 Å². The van der Waals surface area contributed by atoms with Crippen molar-refractivity contribution in [3.05, 3.63) is 108 Å². The fourth-order valence-corrected chi connectivity index (χ4v) is 3.67. The molecule has 3 N–H and O–H groups in total. The average molecular weight is 555 g/mol. The quantitative estimate of drug-likeness (QED) is 0.206. The predicted molar refractivity (Wildman–Crippen MR) is 159 cm³/mol. The van der Waals surface area contributed by atoms with Gasteiger partial charge in [-0.2, -0.15) is 0 Å². The second-order valence-electron chi connectivity index (χ2n) is 10.4. The van der Waals surface area contributed by atoms with Crippen molar-refractivity contribution in [1.29, 1.82) is 0 Å². The number of ether oxygens (including phenoxy) is 1. The highest BCUT2D eigenvalue weighted by Crippen LogP contribution is 2.14. The molecule has 3 rings (SSSR count). The summed E-state index contributed by atoms with van der Waals surface area (Å²) < 4.78 is 5.33. The summed E-state index contributed by atoms with van der Waals surface area (Å²) >= 11 is 0. The molecule has 8 heteroatoms. The Morgan fingerprint density at radius 2 is 1.34 bits per heavy atom. The van der Waals surface area contributed by atoms with Crippen molar-refractivity contribution < 1.29 is 29.0 Å². The number of allylic oxidation sites excluding steroid dienone is 2. The molecule has 0 bridgehead atoms. The summed E-state index contributed by atoms with van der Waals surface area (Å²) in [4.78, 5) is 49.8. The minimum absolute atomic E-state index is 0.131. The molecular formula is C33H34N2O6. The number of ketones is 2. The molecule has 0 spiro atoms. The number of carbonyl (C=O) groups excluding carboxylic acids is 4. The molecular weight excluding hydrogens is 520 g/mol. The molecule has 3 aromatic rings. The van der Waals surface area contributed by atoms with Crippen LogP contribution in [0.1, 0.15) is 43.9 Å². The lowest BCUT2D eigenvalue weighted by Crippen LogP contribution is -2.47. The highest BCUT2D eigenvalue weighted by atomic mass is 16.6. The zero-order valence-corrected chi connectivity index (χ0v) is 23.3. The van der Waals surface area contributed by atoms with E-state index in [-0.39, 0.29) is 30.2 Å². The van der Waals surface area contributed by atoms with E-state index in [4.69, 9.17) is 4.74 Å². The largest absolute Gasteiger partial charge is 0.508 e. The van der Waals surface area contributed by atoms with Crippen LogP contribution in [0.25, 0.3) is 12.2 Å². The monoisotopic (exact) mass is 554 g/mol. The van der Waals surface area contributed by atoms with Crippen molar-refractivity contribution in [1.82, 2.24) is 5.32 Å². The molecule has 0 saturated heterocycles. The lowest BCUT2D eigenvalue weighted by Gasteiger charge is -2.23. The van der Waals surface area contributed by atoms with Crippen molar-refractivity contribution in [2.24, 2.45) is 0 Å². The Bertz CT molecular complexity index is 1400. The number of hydrogen-bond acceptors (Lipinski definition) is 6. The number of phenolic OH excluding ortho intramolecular Hbond substituents is 1. The maximum atomic E-state index is 13.1. The SMILES string of the molecule is CC(C)(C)OC(=O)N[C@@H](Cc1ccccc1)C(=O)Nc1ccc(C=CC(=O)CC(=O)C=Cc2ccc(O)cc2)cc1. The summed E-state index contributed by atoms with van der Waals surface area (Å²) in [5.41, 5.74) is 2.12. The van der Waals surface area contributed by atoms with E-state index in [1.807, 2.05) is 30.3 Å². The zero-order valence-electron chi connectivity index (χ0n) is 23.3. The zero-order chi connectivity index (χ0) is 29.8. The molecule has 0 aromatic heterocycles. The maximum absolute atomic E-state index is 13.1. The topological polar surface area (TPSA) is 122 Å². The van der Waals surface area contributed by atoms with Gasteiger partial charge in [0.25, 0.3) is 0 Å². The normalized spacial score (nSPS) is 12.2. The Morgan fingerprint density at radius 3 is 1.88 bits per heavy atom. The van der Waals surface area contributed by atoms with E-state index in [1.165, 1.54) is 24.3 Å². The van der Waals surface area contributed by atoms with Crippen LogP contribution in [-0.2, 0) is 25.5 Å². The van der Waals surface area contributed by atoms with Crippen LogP contribution in [0, 0.1) is 0 Å². The summed E-state index contributed by atoms with van der Waals surface area (Å²) in [6.07, 6.45) is 5.16. The molecule has 0 aliphatic rings. The average Bonchev–Trinajstić information content (AvgIpc) is 2.91. The summed E-state index contributed by atoms with van der Waals surface area (Å²) in [5, 5.41) is 14.8. The van der Waals surface area contributed by atoms with E-state index in [0.717, 1.165) is 11.1 Å². The van der Waals surface area contributed by atoms with Crippen LogP contribution < -0.4 is 10.6 Å². The van der Waals surface area contributed by atoms with Crippen LogP contribution in [-0.4, -0.2) is 40.3 Å². The molecule has 2 amide bonds. The van der Waals surface area contributed by atoms with Crippen LogP contribution in [0.2, 0.25) is 0 Å². The molecule has 1 atom stereocenters. The molecule has 0 aliphatic carbocycles. The first-order valence-corrected chi connectivity index (χ1v) is 13.1. The number of anilines is 1. The Hall–Kier alpha value is -4.98. The van der Waals surface area contributed by atoms with Gasteiger partial charge in [0, 0.05) is 12.1 Å². The minimum Gasteiger partial charge on any atom is -0.508 e. The number of benzene rings is 3. The number of rotatable bonds is 11. The fraction of sp³-hybridized carbons (Fsp3) is 0.212. The molecule has 0 heterocycles. The standard InChI is InChI=1S/C33H34N2O6/c1-33(2,3)41-32(40)35-30(21-25-7-5-4-6-8-25)31(39)34-26-15-9-23(10-16-26)13-19-28(37)22-29(38)20-14-24-11-17-27(36)18-12-24/h4-20,30,36H,21-22H2,1-3H3,(H,34,39)(H,35,40)/t30-/m0/s1. The minimum atomic E-state index is -0.870. The van der Waals surface area contributed by atoms with Crippen LogP contribution in [0.15, 0.2) is 91.0 Å². The molecule has 0 radical (unpaired) electrons. The lowest BCUT2D eigenvalue weighted by atomic mass is 10.1. The van der Waals surface area contributed by atoms with Crippen LogP contribution in [0.4, 0.5) is 10.5 Å². The van der Waals surface area contributed by atoms with Gasteiger partial charge in [0.05, 0.1) is 6.42 Å². The van der Waals surface area contributed by atoms with Gasteiger partial charge in [0.2, 0.25) is 5.91 Å². The molecule has 41 heavy (non-hydrogen) atoms. The third-order valence-corrected chi connectivity index (χ3v) is 5.63. The van der Waals surface area contributed by atoms with E-state index in [2.05, 4.69) is 10.6 Å². The molecule has 0 saturated carbocycles. The van der Waals surface area contributed by atoms with Gasteiger partial charge < -0.3 is 20.5 Å². The smallest absolute Gasteiger partial charge is 0.408 e. The van der Waals surface area contributed by atoms with E-state index < -0.39 is 23.6 Å². The van der Waals surface area contributed by atoms with Gasteiger partial charge in [-0.05, 0) is 73.9 Å². The summed E-state index contributed by atoms with van der Waals surface area (Å²) in [7, 11) is 0. The Labute approximate surface area is 239 Å². The van der Waals surface area contributed by atoms with Crippen molar-refractivity contribution in [2.45, 2.75) is 45.3 Å². The fourth-order valence-electron chi connectivity index (χ4n) is 3.67. The van der Waals surface area contributed by atoms with Crippen molar-refractivity contribution in [3.8, 4) is 5.75 Å². The second-order valence-corrected chi connectivity index (χ2v) is 10.4. The third-order valence-electron chi connectivity index (χ3n) is 5.63. The van der Waals surface area contributed by atoms with Crippen molar-refractivity contribution in [3.63, 3.8) is 0 Å². The summed E-state index contributed by atoms with van der Waals surface area (Å²) in [5.74, 6) is -0.959. The number of carbonyl (C=O) groups is 4. The van der Waals surface area contributed by atoms with Gasteiger partial charge in [0.1, 0.15) is 17.4 Å². The molecule has 212 valence electrons. The van der Waals surface area contributed by atoms with Crippen LogP contribution >= 0.6 is 0 Å². The van der Waals surface area contributed by atoms with Gasteiger partial charge in [-0.15, -0.1) is 0 Å². The van der Waals surface area contributed by atoms with Gasteiger partial charge in [0.15, 0.2) is 11.6 Å². The van der Waals surface area contributed by atoms with Gasteiger partial charge in [-0.25, -0.2) is 4.79 Å². The summed E-state index contributed by atoms with van der Waals surface area (Å²) in [6, 6.07) is 21.6. The van der Waals surface area contributed by atoms with Crippen molar-refractivity contribution >= 4 is 41.4 Å².